The van der Waals surface area contributed by atoms with E-state index in [1.54, 1.807) is 12.3 Å². The molecule has 5 aliphatic heterocycles. The molecule has 4 aromatic rings. The van der Waals surface area contributed by atoms with Gasteiger partial charge in [-0.05, 0) is 152 Å². The first-order valence-corrected chi connectivity index (χ1v) is 27.9. The van der Waals surface area contributed by atoms with Crippen LogP contribution in [0.5, 0.6) is 5.88 Å². The van der Waals surface area contributed by atoms with E-state index in [2.05, 4.69) is 68.1 Å². The molecule has 386 valence electrons. The van der Waals surface area contributed by atoms with Crippen LogP contribution in [0, 0.1) is 11.8 Å². The molecule has 5 amide bonds. The second-order valence-corrected chi connectivity index (χ2v) is 23.1. The van der Waals surface area contributed by atoms with Crippen molar-refractivity contribution in [2.24, 2.45) is 11.8 Å². The fourth-order valence-electron chi connectivity index (χ4n) is 13.5. The number of carbonyl (C=O) groups excluding carboxylic acids is 5. The van der Waals surface area contributed by atoms with Crippen molar-refractivity contribution in [1.82, 2.24) is 39.5 Å². The van der Waals surface area contributed by atoms with Crippen molar-refractivity contribution in [3.05, 3.63) is 60.0 Å². The zero-order valence-corrected chi connectivity index (χ0v) is 42.7. The quantitative estimate of drug-likeness (QED) is 0.133. The second kappa shape index (κ2) is 19.7. The summed E-state index contributed by atoms with van der Waals surface area (Å²) in [6, 6.07) is 13.7. The highest BCUT2D eigenvalue weighted by atomic mass is 16.5. The summed E-state index contributed by atoms with van der Waals surface area (Å²) in [7, 11) is 0. The number of anilines is 2. The normalized spacial score (nSPS) is 26.8. The molecule has 0 radical (unpaired) electrons. The van der Waals surface area contributed by atoms with Crippen molar-refractivity contribution in [1.29, 1.82) is 0 Å². The van der Waals surface area contributed by atoms with Gasteiger partial charge in [-0.3, -0.25) is 29.3 Å². The molecule has 0 bridgehead atoms. The summed E-state index contributed by atoms with van der Waals surface area (Å²) in [5, 5.41) is 6.11. The highest BCUT2D eigenvalue weighted by molar-refractivity contribution is 6.09. The number of nitrogens with one attached hydrogen (secondary N) is 2. The molecule has 7 fully saturated rings. The summed E-state index contributed by atoms with van der Waals surface area (Å²) in [5.74, 6) is 1.26. The molecule has 1 unspecified atom stereocenters. The lowest BCUT2D eigenvalue weighted by Crippen LogP contribution is -2.58. The fourth-order valence-corrected chi connectivity index (χ4v) is 13.5. The third kappa shape index (κ3) is 9.39. The number of piperidine rings is 4. The van der Waals surface area contributed by atoms with E-state index < -0.39 is 5.41 Å². The van der Waals surface area contributed by atoms with Gasteiger partial charge >= 0.3 is 0 Å². The second-order valence-electron chi connectivity index (χ2n) is 23.1. The number of amides is 5. The number of hydrogen-bond acceptors (Lipinski definition) is 11. The summed E-state index contributed by atoms with van der Waals surface area (Å²) >= 11 is 0. The average Bonchev–Trinajstić information content (AvgIpc) is 4.06. The summed E-state index contributed by atoms with van der Waals surface area (Å²) in [6.45, 7) is 9.11. The Hall–Kier alpha value is -5.90. The van der Waals surface area contributed by atoms with Crippen LogP contribution in [0.25, 0.3) is 22.3 Å². The van der Waals surface area contributed by atoms with Gasteiger partial charge in [-0.2, -0.15) is 0 Å². The van der Waals surface area contributed by atoms with Crippen LogP contribution in [0.1, 0.15) is 153 Å². The summed E-state index contributed by atoms with van der Waals surface area (Å²) in [4.78, 5) is 90.3. The van der Waals surface area contributed by atoms with Crippen LogP contribution < -0.4 is 20.3 Å². The molecule has 3 aliphatic carbocycles. The molecule has 1 atom stereocenters. The number of ether oxygens (including phenoxy) is 1. The predicted octanol–water partition coefficient (Wildman–Crippen LogP) is 7.66. The van der Waals surface area contributed by atoms with E-state index in [1.165, 1.54) is 19.3 Å². The van der Waals surface area contributed by atoms with E-state index in [0.29, 0.717) is 76.2 Å². The largest absolute Gasteiger partial charge is 0.474 e. The van der Waals surface area contributed by atoms with Gasteiger partial charge in [-0.15, -0.1) is 0 Å². The number of rotatable bonds is 12. The van der Waals surface area contributed by atoms with E-state index in [1.807, 2.05) is 22.2 Å². The molecule has 2 N–H and O–H groups in total. The number of nitrogens with zero attached hydrogens (tertiary/aromatic N) is 8. The number of aromatic nitrogens is 4. The van der Waals surface area contributed by atoms with Crippen LogP contribution in [0.15, 0.2) is 48.9 Å². The van der Waals surface area contributed by atoms with Gasteiger partial charge < -0.3 is 34.2 Å². The number of benzene rings is 1. The number of likely N-dealkylation sites (tertiary alicyclic amines) is 3. The monoisotopic (exact) mass is 993 g/mol. The molecule has 1 aromatic carbocycles. The van der Waals surface area contributed by atoms with Gasteiger partial charge in [0.2, 0.25) is 35.4 Å². The number of carbonyl (C=O) groups is 5. The number of imide groups is 1. The molecule has 16 heteroatoms. The van der Waals surface area contributed by atoms with Crippen molar-refractivity contribution in [2.75, 3.05) is 49.5 Å². The summed E-state index contributed by atoms with van der Waals surface area (Å²) < 4.78 is 8.40. The molecule has 73 heavy (non-hydrogen) atoms. The van der Waals surface area contributed by atoms with Crippen LogP contribution in [0.3, 0.4) is 0 Å². The highest BCUT2D eigenvalue weighted by Gasteiger charge is 2.56. The first-order valence-electron chi connectivity index (χ1n) is 27.9. The van der Waals surface area contributed by atoms with Crippen LogP contribution in [0.2, 0.25) is 0 Å². The number of pyridine rings is 2. The van der Waals surface area contributed by atoms with E-state index in [4.69, 9.17) is 14.7 Å². The predicted molar refractivity (Wildman–Crippen MR) is 277 cm³/mol. The van der Waals surface area contributed by atoms with Crippen LogP contribution >= 0.6 is 0 Å². The van der Waals surface area contributed by atoms with Crippen LogP contribution in [0.4, 0.5) is 11.5 Å². The van der Waals surface area contributed by atoms with Gasteiger partial charge in [-0.25, -0.2) is 15.0 Å². The SMILES string of the molecule is CC(C)n1cnc2cc(-c3ccc4c(c3)N([C@H]3C[C@@H](N5CCCCC5)C3)C(=O)C43CCN(C(=O)CC4CCN(C(=O)[C@H]5CC[C@H](Oc6ccc(C7CCC(=O)NC7=O)cn6)CC5)CC4)CC3)nc(NC3CC3)c21. The minimum atomic E-state index is -0.661. The van der Waals surface area contributed by atoms with Gasteiger partial charge in [0.15, 0.2) is 5.82 Å². The maximum Gasteiger partial charge on any atom is 0.238 e. The van der Waals surface area contributed by atoms with Gasteiger partial charge in [0.05, 0.1) is 28.9 Å². The highest BCUT2D eigenvalue weighted by Crippen LogP contribution is 2.52. The van der Waals surface area contributed by atoms with E-state index in [0.717, 1.165) is 122 Å². The van der Waals surface area contributed by atoms with Crippen molar-refractivity contribution >= 4 is 52.1 Å². The van der Waals surface area contributed by atoms with Crippen molar-refractivity contribution in [2.45, 2.75) is 171 Å². The maximum absolute atomic E-state index is 15.2. The zero-order chi connectivity index (χ0) is 50.0. The van der Waals surface area contributed by atoms with Gasteiger partial charge in [0, 0.05) is 92.6 Å². The van der Waals surface area contributed by atoms with E-state index >= 15 is 4.79 Å². The molecule has 8 heterocycles. The minimum Gasteiger partial charge on any atom is -0.474 e. The Labute approximate surface area is 428 Å². The Kier molecular flexibility index (Phi) is 13.0. The fraction of sp³-hybridized carbons (Fsp3) is 0.614. The lowest BCUT2D eigenvalue weighted by Gasteiger charge is -2.48. The molecule has 16 nitrogen and oxygen atoms in total. The average molecular weight is 993 g/mol. The van der Waals surface area contributed by atoms with Crippen molar-refractivity contribution in [3.63, 3.8) is 0 Å². The number of hydrogen-bond donors (Lipinski definition) is 2. The lowest BCUT2D eigenvalue weighted by atomic mass is 9.73. The van der Waals surface area contributed by atoms with E-state index in [9.17, 15) is 19.2 Å². The third-order valence-electron chi connectivity index (χ3n) is 18.2. The molecular formula is C57H72N10O6. The van der Waals surface area contributed by atoms with Crippen molar-refractivity contribution < 1.29 is 28.7 Å². The Morgan fingerprint density at radius 1 is 0.822 bits per heavy atom. The topological polar surface area (TPSA) is 175 Å². The van der Waals surface area contributed by atoms with Crippen molar-refractivity contribution in [3.8, 4) is 17.1 Å². The van der Waals surface area contributed by atoms with Crippen LogP contribution in [-0.4, -0.2) is 127 Å². The van der Waals surface area contributed by atoms with E-state index in [-0.39, 0.29) is 65.5 Å². The minimum absolute atomic E-state index is 0.0269. The standard InChI is InChI=1S/C57H72N10O6/c1-35(2)66-34-59-47-32-46(61-53(52(47)66)60-40-10-11-40)38-8-15-45-48(29-38)67(42-30-41(31-42)63-22-4-3-5-23-63)56(72)57(45)20-26-64(27-21-57)51(69)28-36-18-24-65(25-19-36)55(71)37-6-12-43(13-7-37)73-50-17-9-39(33-58-50)44-14-16-49(68)62-54(44)70/h8-9,15,17,29,32-37,40-44H,3-7,10-14,16,18-28,30-31H2,1-2H3,(H,60,61)(H,62,68,70)/t37-,41-,42+,43-,44?. The molecule has 1 spiro atoms. The van der Waals surface area contributed by atoms with Gasteiger partial charge in [0.25, 0.3) is 0 Å². The number of imidazole rings is 1. The van der Waals surface area contributed by atoms with Crippen LogP contribution in [-0.2, 0) is 29.4 Å². The first kappa shape index (κ1) is 48.1. The molecule has 12 rings (SSSR count). The molecule has 4 saturated heterocycles. The summed E-state index contributed by atoms with van der Waals surface area (Å²) in [5.41, 5.74) is 6.04. The Morgan fingerprint density at radius 3 is 2.29 bits per heavy atom. The smallest absolute Gasteiger partial charge is 0.238 e. The molecule has 3 aromatic heterocycles. The summed E-state index contributed by atoms with van der Waals surface area (Å²) in [6.07, 6.45) is 18.8. The lowest BCUT2D eigenvalue weighted by molar-refractivity contribution is -0.140. The van der Waals surface area contributed by atoms with Gasteiger partial charge in [0.1, 0.15) is 11.6 Å². The molecule has 8 aliphatic rings. The zero-order valence-electron chi connectivity index (χ0n) is 42.7. The Morgan fingerprint density at radius 2 is 1.59 bits per heavy atom. The van der Waals surface area contributed by atoms with Gasteiger partial charge in [-0.1, -0.05) is 24.6 Å². The Bertz CT molecular complexity index is 2750. The third-order valence-corrected chi connectivity index (χ3v) is 18.2. The Balaban J connectivity index is 0.663. The first-order chi connectivity index (χ1) is 35.5. The number of fused-ring (bicyclic) bond motifs is 3. The molecular weight excluding hydrogens is 921 g/mol. The maximum atomic E-state index is 15.2. The molecule has 3 saturated carbocycles.